The van der Waals surface area contributed by atoms with Crippen molar-refractivity contribution in [1.29, 1.82) is 0 Å². The van der Waals surface area contributed by atoms with Crippen molar-refractivity contribution in [1.82, 2.24) is 5.32 Å². The molecule has 5 heteroatoms. The first-order valence-corrected chi connectivity index (χ1v) is 3.31. The number of hydrogen-bond donors (Lipinski definition) is 1. The summed E-state index contributed by atoms with van der Waals surface area (Å²) in [5.74, 6) is 0.708. The fourth-order valence-corrected chi connectivity index (χ4v) is 0.410. The Morgan fingerprint density at radius 2 is 2.33 bits per heavy atom. The third-order valence-electron chi connectivity index (χ3n) is 0.836. The number of carbonyl (C=O) groups is 1. The summed E-state index contributed by atoms with van der Waals surface area (Å²) in [7, 11) is 0. The summed E-state index contributed by atoms with van der Waals surface area (Å²) >= 11 is 4.39. The van der Waals surface area contributed by atoms with Crippen molar-refractivity contribution in [2.45, 2.75) is 5.38 Å². The first-order valence-electron chi connectivity index (χ1n) is 2.93. The number of nitrogens with one attached hydrogen (secondary N) is 1. The molecule has 0 aliphatic rings. The zero-order valence-corrected chi connectivity index (χ0v) is 6.74. The van der Waals surface area contributed by atoms with Crippen molar-refractivity contribution >= 4 is 17.4 Å². The Morgan fingerprint density at radius 1 is 1.75 bits per heavy atom. The van der Waals surface area contributed by atoms with Gasteiger partial charge in [0.15, 0.2) is 0 Å². The van der Waals surface area contributed by atoms with E-state index in [2.05, 4.69) is 22.8 Å². The van der Waals surface area contributed by atoms with Crippen molar-refractivity contribution in [2.75, 3.05) is 6.54 Å². The minimum absolute atomic E-state index is 0.164. The summed E-state index contributed by atoms with van der Waals surface area (Å²) in [6.45, 7) is 0.164. The Bertz CT molecular complexity index is 227. The van der Waals surface area contributed by atoms with Crippen LogP contribution in [0.1, 0.15) is 0 Å². The lowest BCUT2D eigenvalue weighted by molar-refractivity contribution is -0.128. The van der Waals surface area contributed by atoms with Gasteiger partial charge in [-0.2, -0.15) is 8.78 Å². The summed E-state index contributed by atoms with van der Waals surface area (Å²) in [6.07, 6.45) is 6.48. The molecule has 0 aliphatic heterocycles. The van der Waals surface area contributed by atoms with Gasteiger partial charge in [0, 0.05) is 12.3 Å². The van der Waals surface area contributed by atoms with Gasteiger partial charge in [0.25, 0.3) is 0 Å². The van der Waals surface area contributed by atoms with Gasteiger partial charge in [0.1, 0.15) is 0 Å². The molecule has 0 bridgehead atoms. The molecule has 0 aromatic rings. The largest absolute Gasteiger partial charge is 0.384 e. The molecular weight excluding hydrogens is 188 g/mol. The predicted octanol–water partition coefficient (Wildman–Crippen LogP) is 1.12. The molecule has 0 rings (SSSR count). The van der Waals surface area contributed by atoms with Crippen LogP contribution in [0.3, 0.4) is 0 Å². The Kier molecular flexibility index (Phi) is 4.30. The quantitative estimate of drug-likeness (QED) is 0.314. The monoisotopic (exact) mass is 193 g/mol. The molecule has 0 saturated heterocycles. The molecule has 0 heterocycles. The van der Waals surface area contributed by atoms with E-state index in [1.165, 1.54) is 0 Å². The van der Waals surface area contributed by atoms with Crippen LogP contribution in [0.5, 0.6) is 0 Å². The third kappa shape index (κ3) is 4.69. The second-order valence-electron chi connectivity index (χ2n) is 1.78. The maximum absolute atomic E-state index is 11.9. The number of hydrogen-bond acceptors (Lipinski definition) is 2. The molecule has 0 fully saturated rings. The van der Waals surface area contributed by atoms with E-state index in [0.29, 0.717) is 6.08 Å². The number of rotatable bonds is 4. The average Bonchev–Trinajstić information content (AvgIpc) is 1.96. The van der Waals surface area contributed by atoms with Gasteiger partial charge in [-0.1, -0.05) is 5.92 Å². The minimum atomic E-state index is -3.84. The molecule has 0 amide bonds. The Morgan fingerprint density at radius 3 is 2.75 bits per heavy atom. The second kappa shape index (κ2) is 4.73. The van der Waals surface area contributed by atoms with E-state index in [-0.39, 0.29) is 6.54 Å². The SMILES string of the molecule is C#CCN/C=C\C(=O)C(F)(F)Cl. The summed E-state index contributed by atoms with van der Waals surface area (Å²) in [4.78, 5) is 10.4. The lowest BCUT2D eigenvalue weighted by Gasteiger charge is -2.00. The van der Waals surface area contributed by atoms with Gasteiger partial charge in [0.05, 0.1) is 6.54 Å². The third-order valence-corrected chi connectivity index (χ3v) is 1.02. The van der Waals surface area contributed by atoms with Crippen molar-refractivity contribution < 1.29 is 13.6 Å². The second-order valence-corrected chi connectivity index (χ2v) is 2.26. The molecule has 0 aliphatic carbocycles. The normalized spacial score (nSPS) is 11.2. The molecule has 0 saturated carbocycles. The fourth-order valence-electron chi connectivity index (χ4n) is 0.347. The highest BCUT2D eigenvalue weighted by molar-refractivity contribution is 6.34. The first-order chi connectivity index (χ1) is 5.48. The fraction of sp³-hybridized carbons (Fsp3) is 0.286. The topological polar surface area (TPSA) is 29.1 Å². The van der Waals surface area contributed by atoms with Crippen LogP contribution in [-0.2, 0) is 4.79 Å². The van der Waals surface area contributed by atoms with Crippen LogP contribution >= 0.6 is 11.6 Å². The summed E-state index contributed by atoms with van der Waals surface area (Å²) in [5, 5.41) is -1.43. The minimum Gasteiger partial charge on any atom is -0.380 e. The van der Waals surface area contributed by atoms with E-state index in [1.54, 1.807) is 0 Å². The Hall–Kier alpha value is -1.08. The van der Waals surface area contributed by atoms with E-state index >= 15 is 0 Å². The van der Waals surface area contributed by atoms with Gasteiger partial charge in [-0.15, -0.1) is 6.42 Å². The molecular formula is C7H6ClF2NO. The van der Waals surface area contributed by atoms with Crippen molar-refractivity contribution in [3.05, 3.63) is 12.3 Å². The van der Waals surface area contributed by atoms with Crippen LogP contribution < -0.4 is 5.32 Å². The molecule has 0 aromatic heterocycles. The molecule has 0 unspecified atom stereocenters. The highest BCUT2D eigenvalue weighted by atomic mass is 35.5. The van der Waals surface area contributed by atoms with Crippen LogP contribution in [0.25, 0.3) is 0 Å². The summed E-state index contributed by atoms with van der Waals surface area (Å²) in [5.41, 5.74) is 0. The molecule has 1 N–H and O–H groups in total. The van der Waals surface area contributed by atoms with Crippen molar-refractivity contribution in [3.63, 3.8) is 0 Å². The number of halogens is 3. The van der Waals surface area contributed by atoms with Crippen LogP contribution in [0.4, 0.5) is 8.78 Å². The lowest BCUT2D eigenvalue weighted by atomic mass is 10.4. The van der Waals surface area contributed by atoms with Gasteiger partial charge >= 0.3 is 5.38 Å². The number of terminal acetylenes is 1. The zero-order valence-electron chi connectivity index (χ0n) is 5.98. The van der Waals surface area contributed by atoms with Crippen LogP contribution in [0.15, 0.2) is 12.3 Å². The molecule has 0 spiro atoms. The van der Waals surface area contributed by atoms with E-state index in [9.17, 15) is 13.6 Å². The summed E-state index contributed by atoms with van der Waals surface area (Å²) in [6, 6.07) is 0. The van der Waals surface area contributed by atoms with Gasteiger partial charge in [-0.3, -0.25) is 4.79 Å². The van der Waals surface area contributed by atoms with Crippen LogP contribution in [0.2, 0.25) is 0 Å². The van der Waals surface area contributed by atoms with Gasteiger partial charge in [-0.25, -0.2) is 0 Å². The molecule has 66 valence electrons. The summed E-state index contributed by atoms with van der Waals surface area (Å²) < 4.78 is 23.8. The van der Waals surface area contributed by atoms with E-state index < -0.39 is 11.2 Å². The molecule has 0 aromatic carbocycles. The van der Waals surface area contributed by atoms with E-state index in [1.807, 2.05) is 0 Å². The van der Waals surface area contributed by atoms with Crippen LogP contribution in [-0.4, -0.2) is 17.7 Å². The molecule has 2 nitrogen and oxygen atoms in total. The number of alkyl halides is 3. The molecule has 12 heavy (non-hydrogen) atoms. The van der Waals surface area contributed by atoms with Gasteiger partial charge in [-0.05, 0) is 11.6 Å². The predicted molar refractivity (Wildman–Crippen MR) is 41.8 cm³/mol. The van der Waals surface area contributed by atoms with E-state index in [0.717, 1.165) is 6.20 Å². The van der Waals surface area contributed by atoms with Gasteiger partial charge < -0.3 is 5.32 Å². The number of carbonyl (C=O) groups excluding carboxylic acids is 1. The highest BCUT2D eigenvalue weighted by Gasteiger charge is 2.32. The zero-order chi connectivity index (χ0) is 9.61. The van der Waals surface area contributed by atoms with Crippen LogP contribution in [0, 0.1) is 12.3 Å². The van der Waals surface area contributed by atoms with Gasteiger partial charge in [0.2, 0.25) is 5.78 Å². The number of ketones is 1. The Labute approximate surface area is 73.6 Å². The molecule has 0 radical (unpaired) electrons. The highest BCUT2D eigenvalue weighted by Crippen LogP contribution is 2.19. The molecule has 0 atom stereocenters. The lowest BCUT2D eigenvalue weighted by Crippen LogP contribution is -2.19. The maximum atomic E-state index is 11.9. The smallest absolute Gasteiger partial charge is 0.380 e. The maximum Gasteiger partial charge on any atom is 0.384 e. The van der Waals surface area contributed by atoms with E-state index in [4.69, 9.17) is 6.42 Å². The van der Waals surface area contributed by atoms with Crippen molar-refractivity contribution in [3.8, 4) is 12.3 Å². The average molecular weight is 194 g/mol. The number of allylic oxidation sites excluding steroid dienone is 1. The van der Waals surface area contributed by atoms with Crippen molar-refractivity contribution in [2.24, 2.45) is 0 Å². The Balaban J connectivity index is 3.87. The standard InChI is InChI=1S/C7H6ClF2NO/c1-2-4-11-5-3-6(12)7(8,9)10/h1,3,5,11H,4H2/b5-3-. The first kappa shape index (κ1) is 10.9.